The van der Waals surface area contributed by atoms with Gasteiger partial charge in [-0.15, -0.1) is 0 Å². The molecule has 0 atom stereocenters. The SMILES string of the molecule is CCCCc1c(O)c(C(=O)O)cc(O)c1C(=O)O. The molecule has 1 rings (SSSR count). The summed E-state index contributed by atoms with van der Waals surface area (Å²) in [6, 6.07) is 0.747. The Balaban J connectivity index is 3.48. The number of unbranched alkanes of at least 4 members (excludes halogenated alkanes) is 1. The molecule has 98 valence electrons. The summed E-state index contributed by atoms with van der Waals surface area (Å²) in [5, 5.41) is 37.2. The highest BCUT2D eigenvalue weighted by Gasteiger charge is 2.24. The van der Waals surface area contributed by atoms with E-state index >= 15 is 0 Å². The van der Waals surface area contributed by atoms with E-state index < -0.39 is 34.6 Å². The molecule has 6 nitrogen and oxygen atoms in total. The third kappa shape index (κ3) is 2.53. The molecule has 18 heavy (non-hydrogen) atoms. The number of hydrogen-bond donors (Lipinski definition) is 4. The van der Waals surface area contributed by atoms with Gasteiger partial charge < -0.3 is 20.4 Å². The molecule has 0 amide bonds. The lowest BCUT2D eigenvalue weighted by molar-refractivity contribution is 0.0673. The normalized spacial score (nSPS) is 10.3. The Bertz CT molecular complexity index is 492. The molecule has 0 aliphatic carbocycles. The predicted octanol–water partition coefficient (Wildman–Crippen LogP) is 1.84. The van der Waals surface area contributed by atoms with Crippen LogP contribution in [0, 0.1) is 0 Å². The Hall–Kier alpha value is -2.24. The molecule has 4 N–H and O–H groups in total. The van der Waals surface area contributed by atoms with Gasteiger partial charge in [-0.05, 0) is 18.9 Å². The van der Waals surface area contributed by atoms with Crippen molar-refractivity contribution in [2.75, 3.05) is 0 Å². The van der Waals surface area contributed by atoms with Gasteiger partial charge in [0.05, 0.1) is 0 Å². The highest BCUT2D eigenvalue weighted by molar-refractivity contribution is 5.98. The molecule has 0 saturated carbocycles. The minimum Gasteiger partial charge on any atom is -0.507 e. The molecule has 0 saturated heterocycles. The topological polar surface area (TPSA) is 115 Å². The maximum Gasteiger partial charge on any atom is 0.339 e. The van der Waals surface area contributed by atoms with Crippen LogP contribution < -0.4 is 0 Å². The van der Waals surface area contributed by atoms with Gasteiger partial charge in [-0.3, -0.25) is 0 Å². The smallest absolute Gasteiger partial charge is 0.339 e. The number of aromatic carboxylic acids is 2. The second-order valence-corrected chi connectivity index (χ2v) is 3.86. The molecule has 6 heteroatoms. The Kier molecular flexibility index (Phi) is 4.14. The van der Waals surface area contributed by atoms with Gasteiger partial charge in [-0.1, -0.05) is 13.3 Å². The van der Waals surface area contributed by atoms with Gasteiger partial charge >= 0.3 is 11.9 Å². The number of carboxylic acids is 2. The lowest BCUT2D eigenvalue weighted by Gasteiger charge is -2.12. The van der Waals surface area contributed by atoms with E-state index in [-0.39, 0.29) is 12.0 Å². The Morgan fingerprint density at radius 3 is 2.22 bits per heavy atom. The Labute approximate surface area is 103 Å². The monoisotopic (exact) mass is 254 g/mol. The molecular formula is C12H14O6. The third-order valence-corrected chi connectivity index (χ3v) is 2.60. The van der Waals surface area contributed by atoms with E-state index in [1.807, 2.05) is 6.92 Å². The summed E-state index contributed by atoms with van der Waals surface area (Å²) in [7, 11) is 0. The molecule has 0 aliphatic heterocycles. The van der Waals surface area contributed by atoms with E-state index in [1.54, 1.807) is 0 Å². The zero-order valence-electron chi connectivity index (χ0n) is 9.80. The third-order valence-electron chi connectivity index (χ3n) is 2.60. The van der Waals surface area contributed by atoms with Gasteiger partial charge in [0.25, 0.3) is 0 Å². The number of carbonyl (C=O) groups is 2. The molecule has 0 aliphatic rings. The Morgan fingerprint density at radius 2 is 1.78 bits per heavy atom. The first kappa shape index (κ1) is 13.8. The number of carboxylic acid groups (broad SMARTS) is 2. The molecule has 0 radical (unpaired) electrons. The van der Waals surface area contributed by atoms with Crippen molar-refractivity contribution in [1.29, 1.82) is 0 Å². The summed E-state index contributed by atoms with van der Waals surface area (Å²) < 4.78 is 0. The quantitative estimate of drug-likeness (QED) is 0.596. The summed E-state index contributed by atoms with van der Waals surface area (Å²) in [5.41, 5.74) is -0.976. The molecule has 0 bridgehead atoms. The van der Waals surface area contributed by atoms with Crippen molar-refractivity contribution in [2.45, 2.75) is 26.2 Å². The van der Waals surface area contributed by atoms with Crippen molar-refractivity contribution in [3.8, 4) is 11.5 Å². The lowest BCUT2D eigenvalue weighted by Crippen LogP contribution is -2.08. The minimum absolute atomic E-state index is 0.0400. The van der Waals surface area contributed by atoms with Crippen LogP contribution in [-0.4, -0.2) is 32.4 Å². The van der Waals surface area contributed by atoms with E-state index in [0.717, 1.165) is 12.5 Å². The van der Waals surface area contributed by atoms with Gasteiger partial charge in [0.2, 0.25) is 0 Å². The van der Waals surface area contributed by atoms with Crippen LogP contribution in [0.25, 0.3) is 0 Å². The van der Waals surface area contributed by atoms with E-state index in [4.69, 9.17) is 10.2 Å². The summed E-state index contributed by atoms with van der Waals surface area (Å²) in [5.74, 6) is -4.06. The second kappa shape index (κ2) is 5.39. The second-order valence-electron chi connectivity index (χ2n) is 3.86. The Morgan fingerprint density at radius 1 is 1.17 bits per heavy atom. The van der Waals surface area contributed by atoms with Crippen LogP contribution in [0.5, 0.6) is 11.5 Å². The number of benzene rings is 1. The van der Waals surface area contributed by atoms with Gasteiger partial charge in [0, 0.05) is 5.56 Å². The van der Waals surface area contributed by atoms with E-state index in [1.165, 1.54) is 0 Å². The van der Waals surface area contributed by atoms with E-state index in [0.29, 0.717) is 6.42 Å². The van der Waals surface area contributed by atoms with Crippen LogP contribution in [0.4, 0.5) is 0 Å². The van der Waals surface area contributed by atoms with Gasteiger partial charge in [-0.2, -0.15) is 0 Å². The lowest BCUT2D eigenvalue weighted by atomic mass is 9.96. The first-order valence-electron chi connectivity index (χ1n) is 5.44. The average Bonchev–Trinajstić information content (AvgIpc) is 2.28. The van der Waals surface area contributed by atoms with Gasteiger partial charge in [0.1, 0.15) is 22.6 Å². The molecule has 0 spiro atoms. The summed E-state index contributed by atoms with van der Waals surface area (Å²) >= 11 is 0. The van der Waals surface area contributed by atoms with Gasteiger partial charge in [0.15, 0.2) is 0 Å². The molecule has 0 fully saturated rings. The maximum atomic E-state index is 11.0. The zero-order chi connectivity index (χ0) is 13.9. The molecular weight excluding hydrogens is 240 g/mol. The van der Waals surface area contributed by atoms with Crippen LogP contribution in [0.3, 0.4) is 0 Å². The van der Waals surface area contributed by atoms with Crippen molar-refractivity contribution in [3.63, 3.8) is 0 Å². The van der Waals surface area contributed by atoms with Crippen LogP contribution in [0.15, 0.2) is 6.07 Å². The number of hydrogen-bond acceptors (Lipinski definition) is 4. The zero-order valence-corrected chi connectivity index (χ0v) is 9.80. The summed E-state index contributed by atoms with van der Waals surface area (Å²) in [6.45, 7) is 1.87. The minimum atomic E-state index is -1.42. The molecule has 0 aromatic heterocycles. The van der Waals surface area contributed by atoms with Crippen molar-refractivity contribution in [1.82, 2.24) is 0 Å². The fraction of sp³-hybridized carbons (Fsp3) is 0.333. The van der Waals surface area contributed by atoms with Crippen molar-refractivity contribution in [3.05, 3.63) is 22.8 Å². The first-order chi connectivity index (χ1) is 8.40. The first-order valence-corrected chi connectivity index (χ1v) is 5.44. The fourth-order valence-electron chi connectivity index (χ4n) is 1.71. The van der Waals surface area contributed by atoms with Crippen LogP contribution in [0.2, 0.25) is 0 Å². The molecule has 1 aromatic carbocycles. The largest absolute Gasteiger partial charge is 0.507 e. The predicted molar refractivity (Wildman–Crippen MR) is 62.3 cm³/mol. The number of aromatic hydroxyl groups is 2. The summed E-state index contributed by atoms with van der Waals surface area (Å²) in [6.07, 6.45) is 1.52. The maximum absolute atomic E-state index is 11.0. The van der Waals surface area contributed by atoms with E-state index in [9.17, 15) is 19.8 Å². The van der Waals surface area contributed by atoms with E-state index in [2.05, 4.69) is 0 Å². The van der Waals surface area contributed by atoms with Crippen molar-refractivity contribution >= 4 is 11.9 Å². The van der Waals surface area contributed by atoms with Gasteiger partial charge in [-0.25, -0.2) is 9.59 Å². The highest BCUT2D eigenvalue weighted by atomic mass is 16.4. The fourth-order valence-corrected chi connectivity index (χ4v) is 1.71. The van der Waals surface area contributed by atoms with Crippen molar-refractivity contribution < 1.29 is 30.0 Å². The standard InChI is InChI=1S/C12H14O6/c1-2-3-4-6-9(12(17)18)8(13)5-7(10(6)14)11(15)16/h5,13-14H,2-4H2,1H3,(H,15,16)(H,17,18). The molecule has 1 aromatic rings. The highest BCUT2D eigenvalue weighted by Crippen LogP contribution is 2.34. The molecule has 0 unspecified atom stereocenters. The van der Waals surface area contributed by atoms with Crippen LogP contribution in [0.1, 0.15) is 46.0 Å². The summed E-state index contributed by atoms with van der Waals surface area (Å²) in [4.78, 5) is 21.9. The van der Waals surface area contributed by atoms with Crippen molar-refractivity contribution in [2.24, 2.45) is 0 Å². The van der Waals surface area contributed by atoms with Crippen LogP contribution in [-0.2, 0) is 6.42 Å². The number of rotatable bonds is 5. The average molecular weight is 254 g/mol. The molecule has 0 heterocycles. The van der Waals surface area contributed by atoms with Crippen LogP contribution >= 0.6 is 0 Å². The number of phenols is 2.